The number of halogens is 1. The van der Waals surface area contributed by atoms with Gasteiger partial charge in [0, 0.05) is 20.1 Å². The third-order valence-electron chi connectivity index (χ3n) is 3.19. The maximum absolute atomic E-state index is 5.70. The minimum Gasteiger partial charge on any atom is -0.494 e. The standard InChI is InChI=1S/C17H29N3OS.HI/c1-15-7-9-16(10-8-15)21-13-6-12-20-17(18-2)19-11-4-5-14-22-3;/h7-10H,4-6,11-14H2,1-3H3,(H2,18,19,20);1H. The average molecular weight is 451 g/mol. The summed E-state index contributed by atoms with van der Waals surface area (Å²) >= 11 is 1.90. The van der Waals surface area contributed by atoms with Crippen LogP contribution in [0.5, 0.6) is 5.75 Å². The zero-order chi connectivity index (χ0) is 16.0. The first-order chi connectivity index (χ1) is 10.8. The van der Waals surface area contributed by atoms with Crippen LogP contribution >= 0.6 is 35.7 Å². The molecule has 1 aromatic carbocycles. The van der Waals surface area contributed by atoms with Gasteiger partial charge in [-0.3, -0.25) is 4.99 Å². The highest BCUT2D eigenvalue weighted by Gasteiger charge is 1.97. The SMILES string of the molecule is CN=C(NCCCCSC)NCCCOc1ccc(C)cc1.I. The predicted molar refractivity (Wildman–Crippen MR) is 114 cm³/mol. The van der Waals surface area contributed by atoms with Crippen LogP contribution in [0.25, 0.3) is 0 Å². The van der Waals surface area contributed by atoms with Gasteiger partial charge in [0.05, 0.1) is 6.61 Å². The first kappa shape index (κ1) is 22.4. The second-order valence-corrected chi connectivity index (χ2v) is 6.13. The molecule has 0 aliphatic heterocycles. The lowest BCUT2D eigenvalue weighted by Gasteiger charge is -2.12. The van der Waals surface area contributed by atoms with Gasteiger partial charge in [0.15, 0.2) is 5.96 Å². The molecule has 0 radical (unpaired) electrons. The monoisotopic (exact) mass is 451 g/mol. The van der Waals surface area contributed by atoms with Crippen molar-refractivity contribution in [2.45, 2.75) is 26.2 Å². The molecule has 132 valence electrons. The van der Waals surface area contributed by atoms with Crippen LogP contribution in [-0.4, -0.2) is 44.7 Å². The molecular formula is C17H30IN3OS. The lowest BCUT2D eigenvalue weighted by molar-refractivity contribution is 0.311. The summed E-state index contributed by atoms with van der Waals surface area (Å²) in [5, 5.41) is 6.64. The number of thioether (sulfide) groups is 1. The number of hydrogen-bond acceptors (Lipinski definition) is 3. The van der Waals surface area contributed by atoms with E-state index in [2.05, 4.69) is 40.9 Å². The summed E-state index contributed by atoms with van der Waals surface area (Å²) in [6, 6.07) is 8.16. The Balaban J connectivity index is 0.00000484. The van der Waals surface area contributed by atoms with Gasteiger partial charge in [-0.1, -0.05) is 17.7 Å². The molecule has 1 rings (SSSR count). The fraction of sp³-hybridized carbons (Fsp3) is 0.588. The number of aryl methyl sites for hydroxylation is 1. The van der Waals surface area contributed by atoms with Crippen molar-refractivity contribution in [2.24, 2.45) is 4.99 Å². The normalized spacial score (nSPS) is 10.8. The van der Waals surface area contributed by atoms with Crippen LogP contribution in [0, 0.1) is 6.92 Å². The van der Waals surface area contributed by atoms with Gasteiger partial charge in [-0.25, -0.2) is 0 Å². The molecule has 0 aromatic heterocycles. The molecule has 0 amide bonds. The minimum absolute atomic E-state index is 0. The number of nitrogens with one attached hydrogen (secondary N) is 2. The molecule has 6 heteroatoms. The third kappa shape index (κ3) is 11.5. The van der Waals surface area contributed by atoms with Gasteiger partial charge in [-0.15, -0.1) is 24.0 Å². The molecule has 0 fully saturated rings. The van der Waals surface area contributed by atoms with Crippen molar-refractivity contribution in [3.63, 3.8) is 0 Å². The van der Waals surface area contributed by atoms with Crippen LogP contribution in [-0.2, 0) is 0 Å². The van der Waals surface area contributed by atoms with E-state index in [1.54, 1.807) is 7.05 Å². The van der Waals surface area contributed by atoms with E-state index in [0.717, 1.165) is 31.2 Å². The summed E-state index contributed by atoms with van der Waals surface area (Å²) in [4.78, 5) is 4.22. The fourth-order valence-electron chi connectivity index (χ4n) is 1.90. The van der Waals surface area contributed by atoms with E-state index in [9.17, 15) is 0 Å². The zero-order valence-corrected chi connectivity index (χ0v) is 17.6. The molecule has 23 heavy (non-hydrogen) atoms. The molecule has 0 aliphatic rings. The van der Waals surface area contributed by atoms with Crippen molar-refractivity contribution in [3.8, 4) is 5.75 Å². The Kier molecular flexibility index (Phi) is 14.5. The molecule has 0 heterocycles. The Labute approximate surface area is 162 Å². The Bertz CT molecular complexity index is 426. The van der Waals surface area contributed by atoms with Gasteiger partial charge in [0.25, 0.3) is 0 Å². The smallest absolute Gasteiger partial charge is 0.190 e. The molecule has 0 spiro atoms. The Morgan fingerprint density at radius 2 is 1.74 bits per heavy atom. The fourth-order valence-corrected chi connectivity index (χ4v) is 2.40. The largest absolute Gasteiger partial charge is 0.494 e. The van der Waals surface area contributed by atoms with E-state index in [1.807, 2.05) is 23.9 Å². The quantitative estimate of drug-likeness (QED) is 0.247. The molecule has 4 nitrogen and oxygen atoms in total. The Morgan fingerprint density at radius 3 is 2.35 bits per heavy atom. The highest BCUT2D eigenvalue weighted by Crippen LogP contribution is 2.11. The number of hydrogen-bond donors (Lipinski definition) is 2. The summed E-state index contributed by atoms with van der Waals surface area (Å²) in [7, 11) is 1.81. The summed E-state index contributed by atoms with van der Waals surface area (Å²) < 4.78 is 5.70. The summed E-state index contributed by atoms with van der Waals surface area (Å²) in [6.45, 7) is 4.62. The highest BCUT2D eigenvalue weighted by atomic mass is 127. The Morgan fingerprint density at radius 1 is 1.09 bits per heavy atom. The summed E-state index contributed by atoms with van der Waals surface area (Å²) in [5.41, 5.74) is 1.25. The molecule has 0 unspecified atom stereocenters. The molecule has 0 bridgehead atoms. The first-order valence-corrected chi connectivity index (χ1v) is 9.28. The topological polar surface area (TPSA) is 45.7 Å². The van der Waals surface area contributed by atoms with E-state index in [1.165, 1.54) is 24.2 Å². The van der Waals surface area contributed by atoms with Crippen LogP contribution in [0.1, 0.15) is 24.8 Å². The van der Waals surface area contributed by atoms with E-state index < -0.39 is 0 Å². The number of benzene rings is 1. The van der Waals surface area contributed by atoms with E-state index in [-0.39, 0.29) is 24.0 Å². The Hall–Kier alpha value is -0.630. The van der Waals surface area contributed by atoms with Crippen molar-refractivity contribution < 1.29 is 4.74 Å². The zero-order valence-electron chi connectivity index (χ0n) is 14.4. The second-order valence-electron chi connectivity index (χ2n) is 5.14. The predicted octanol–water partition coefficient (Wildman–Crippen LogP) is 3.69. The van der Waals surface area contributed by atoms with Crippen LogP contribution in [0.15, 0.2) is 29.3 Å². The van der Waals surface area contributed by atoms with Crippen LogP contribution in [0.2, 0.25) is 0 Å². The molecule has 2 N–H and O–H groups in total. The lowest BCUT2D eigenvalue weighted by atomic mass is 10.2. The average Bonchev–Trinajstić information content (AvgIpc) is 2.54. The van der Waals surface area contributed by atoms with E-state index in [4.69, 9.17) is 4.74 Å². The van der Waals surface area contributed by atoms with Gasteiger partial charge in [-0.2, -0.15) is 11.8 Å². The van der Waals surface area contributed by atoms with Gasteiger partial charge < -0.3 is 15.4 Å². The van der Waals surface area contributed by atoms with Crippen molar-refractivity contribution in [2.75, 3.05) is 38.8 Å². The number of aliphatic imine (C=N–C) groups is 1. The number of guanidine groups is 1. The van der Waals surface area contributed by atoms with Gasteiger partial charge >= 0.3 is 0 Å². The maximum Gasteiger partial charge on any atom is 0.190 e. The van der Waals surface area contributed by atoms with Crippen LogP contribution in [0.4, 0.5) is 0 Å². The van der Waals surface area contributed by atoms with Crippen LogP contribution in [0.3, 0.4) is 0 Å². The minimum atomic E-state index is 0. The lowest BCUT2D eigenvalue weighted by Crippen LogP contribution is -2.38. The number of rotatable bonds is 10. The summed E-state index contributed by atoms with van der Waals surface area (Å²) in [5.74, 6) is 3.03. The van der Waals surface area contributed by atoms with Crippen LogP contribution < -0.4 is 15.4 Å². The second kappa shape index (κ2) is 14.9. The molecule has 1 aromatic rings. The van der Waals surface area contributed by atoms with Crippen molar-refractivity contribution in [3.05, 3.63) is 29.8 Å². The molecule has 0 atom stereocenters. The molecular weight excluding hydrogens is 421 g/mol. The van der Waals surface area contributed by atoms with Gasteiger partial charge in [0.1, 0.15) is 5.75 Å². The summed E-state index contributed by atoms with van der Waals surface area (Å²) in [6.07, 6.45) is 5.52. The molecule has 0 saturated heterocycles. The number of unbranched alkanes of at least 4 members (excludes halogenated alkanes) is 1. The van der Waals surface area contributed by atoms with Crippen molar-refractivity contribution in [1.29, 1.82) is 0 Å². The first-order valence-electron chi connectivity index (χ1n) is 7.89. The highest BCUT2D eigenvalue weighted by molar-refractivity contribution is 14.0. The molecule has 0 saturated carbocycles. The molecule has 0 aliphatic carbocycles. The van der Waals surface area contributed by atoms with E-state index in [0.29, 0.717) is 6.61 Å². The van der Waals surface area contributed by atoms with Gasteiger partial charge in [0.2, 0.25) is 0 Å². The van der Waals surface area contributed by atoms with Gasteiger partial charge in [-0.05, 0) is 50.3 Å². The maximum atomic E-state index is 5.70. The van der Waals surface area contributed by atoms with Crippen molar-refractivity contribution in [1.82, 2.24) is 10.6 Å². The van der Waals surface area contributed by atoms with E-state index >= 15 is 0 Å². The van der Waals surface area contributed by atoms with Crippen molar-refractivity contribution >= 4 is 41.7 Å². The number of ether oxygens (including phenoxy) is 1. The third-order valence-corrected chi connectivity index (χ3v) is 3.89. The number of nitrogens with zero attached hydrogens (tertiary/aromatic N) is 1.